The molecule has 1 heterocycles. The molecule has 110 valence electrons. The van der Waals surface area contributed by atoms with Crippen molar-refractivity contribution in [2.24, 2.45) is 29.6 Å². The number of hydrogen-bond donors (Lipinski definition) is 1. The number of hydrogen-bond acceptors (Lipinski definition) is 2. The summed E-state index contributed by atoms with van der Waals surface area (Å²) < 4.78 is 0. The van der Waals surface area contributed by atoms with Gasteiger partial charge in [0.05, 0.1) is 0 Å². The second-order valence-corrected chi connectivity index (χ2v) is 7.55. The van der Waals surface area contributed by atoms with Gasteiger partial charge >= 0.3 is 0 Å². The van der Waals surface area contributed by atoms with Crippen molar-refractivity contribution < 1.29 is 9.59 Å². The van der Waals surface area contributed by atoms with Crippen molar-refractivity contribution >= 4 is 11.8 Å². The van der Waals surface area contributed by atoms with Crippen molar-refractivity contribution in [1.82, 2.24) is 10.2 Å². The smallest absolute Gasteiger partial charge is 0.245 e. The van der Waals surface area contributed by atoms with Crippen molar-refractivity contribution in [1.29, 1.82) is 0 Å². The van der Waals surface area contributed by atoms with Gasteiger partial charge in [-0.2, -0.15) is 0 Å². The zero-order chi connectivity index (χ0) is 14.0. The van der Waals surface area contributed by atoms with Gasteiger partial charge in [0.15, 0.2) is 0 Å². The van der Waals surface area contributed by atoms with Gasteiger partial charge < -0.3 is 10.2 Å². The van der Waals surface area contributed by atoms with Crippen LogP contribution in [-0.2, 0) is 9.59 Å². The van der Waals surface area contributed by atoms with Crippen LogP contribution in [0.25, 0.3) is 0 Å². The van der Waals surface area contributed by atoms with Gasteiger partial charge in [-0.1, -0.05) is 13.8 Å². The van der Waals surface area contributed by atoms with Crippen molar-refractivity contribution in [3.05, 3.63) is 0 Å². The minimum atomic E-state index is -0.316. The van der Waals surface area contributed by atoms with E-state index in [1.54, 1.807) is 0 Å². The Balaban J connectivity index is 1.56. The van der Waals surface area contributed by atoms with Crippen LogP contribution in [0, 0.1) is 29.6 Å². The lowest BCUT2D eigenvalue weighted by Crippen LogP contribution is -2.49. The molecular formula is C16H24N2O2. The molecule has 0 aromatic heterocycles. The Morgan fingerprint density at radius 2 is 1.80 bits per heavy atom. The molecule has 0 radical (unpaired) electrons. The predicted octanol–water partition coefficient (Wildman–Crippen LogP) is 1.40. The Kier molecular flexibility index (Phi) is 2.67. The van der Waals surface area contributed by atoms with Crippen LogP contribution in [0.1, 0.15) is 39.5 Å². The first-order chi connectivity index (χ1) is 9.58. The third-order valence-electron chi connectivity index (χ3n) is 6.17. The first kappa shape index (κ1) is 12.7. The quantitative estimate of drug-likeness (QED) is 0.829. The van der Waals surface area contributed by atoms with E-state index < -0.39 is 0 Å². The van der Waals surface area contributed by atoms with Crippen molar-refractivity contribution in [3.63, 3.8) is 0 Å². The highest BCUT2D eigenvalue weighted by molar-refractivity contribution is 5.90. The molecule has 4 heteroatoms. The molecule has 20 heavy (non-hydrogen) atoms. The molecule has 0 spiro atoms. The van der Waals surface area contributed by atoms with Gasteiger partial charge in [0.25, 0.3) is 0 Å². The van der Waals surface area contributed by atoms with E-state index in [1.807, 2.05) is 13.8 Å². The molecule has 2 bridgehead atoms. The number of carbonyl (C=O) groups excluding carboxylic acids is 2. The van der Waals surface area contributed by atoms with Crippen LogP contribution in [0.5, 0.6) is 0 Å². The molecule has 3 aliphatic carbocycles. The Hall–Kier alpha value is -1.06. The van der Waals surface area contributed by atoms with Gasteiger partial charge in [-0.05, 0) is 48.9 Å². The molecule has 4 fully saturated rings. The van der Waals surface area contributed by atoms with Crippen molar-refractivity contribution in [2.75, 3.05) is 6.54 Å². The highest BCUT2D eigenvalue weighted by Crippen LogP contribution is 2.67. The van der Waals surface area contributed by atoms with Gasteiger partial charge in [-0.25, -0.2) is 0 Å². The summed E-state index contributed by atoms with van der Waals surface area (Å²) in [6, 6.07) is 0.145. The monoisotopic (exact) mass is 276 g/mol. The normalized spacial score (nSPS) is 46.5. The van der Waals surface area contributed by atoms with Gasteiger partial charge in [-0.15, -0.1) is 0 Å². The fourth-order valence-electron chi connectivity index (χ4n) is 5.26. The summed E-state index contributed by atoms with van der Waals surface area (Å²) in [6.07, 6.45) is 4.61. The summed E-state index contributed by atoms with van der Waals surface area (Å²) in [5, 5.41) is 2.91. The second-order valence-electron chi connectivity index (χ2n) is 7.55. The maximum absolute atomic E-state index is 12.8. The average molecular weight is 276 g/mol. The van der Waals surface area contributed by atoms with Gasteiger partial charge in [0.1, 0.15) is 6.04 Å². The topological polar surface area (TPSA) is 49.4 Å². The van der Waals surface area contributed by atoms with E-state index in [0.29, 0.717) is 19.0 Å². The summed E-state index contributed by atoms with van der Waals surface area (Å²) in [4.78, 5) is 26.7. The summed E-state index contributed by atoms with van der Waals surface area (Å²) >= 11 is 0. The van der Waals surface area contributed by atoms with E-state index in [2.05, 4.69) is 10.2 Å². The maximum atomic E-state index is 12.8. The Bertz CT molecular complexity index is 445. The molecule has 1 saturated heterocycles. The number of nitrogens with one attached hydrogen (secondary N) is 1. The zero-order valence-corrected chi connectivity index (χ0v) is 12.3. The van der Waals surface area contributed by atoms with Gasteiger partial charge in [-0.3, -0.25) is 9.59 Å². The lowest BCUT2D eigenvalue weighted by molar-refractivity contribution is -0.135. The first-order valence-electron chi connectivity index (χ1n) is 8.17. The summed E-state index contributed by atoms with van der Waals surface area (Å²) in [5.74, 6) is 3.64. The van der Waals surface area contributed by atoms with E-state index in [4.69, 9.17) is 0 Å². The molecule has 2 amide bonds. The number of rotatable bonds is 2. The molecule has 1 aliphatic heterocycles. The molecule has 4 aliphatic rings. The van der Waals surface area contributed by atoms with E-state index >= 15 is 0 Å². The third kappa shape index (κ3) is 1.66. The van der Waals surface area contributed by atoms with Gasteiger partial charge in [0.2, 0.25) is 11.8 Å². The average Bonchev–Trinajstić information content (AvgIpc) is 2.87. The molecule has 0 aromatic carbocycles. The van der Waals surface area contributed by atoms with Crippen molar-refractivity contribution in [3.8, 4) is 0 Å². The molecule has 5 atom stereocenters. The number of nitrogens with zero attached hydrogens (tertiary/aromatic N) is 1. The molecule has 3 saturated carbocycles. The van der Waals surface area contributed by atoms with E-state index in [0.717, 1.165) is 23.7 Å². The minimum Gasteiger partial charge on any atom is -0.344 e. The predicted molar refractivity (Wildman–Crippen MR) is 74.7 cm³/mol. The van der Waals surface area contributed by atoms with Crippen LogP contribution in [0.4, 0.5) is 0 Å². The molecule has 4 rings (SSSR count). The first-order valence-corrected chi connectivity index (χ1v) is 8.17. The fraction of sp³-hybridized carbons (Fsp3) is 0.875. The van der Waals surface area contributed by atoms with Crippen LogP contribution < -0.4 is 5.32 Å². The van der Waals surface area contributed by atoms with Crippen molar-refractivity contribution in [2.45, 2.75) is 51.6 Å². The lowest BCUT2D eigenvalue weighted by Gasteiger charge is -2.28. The van der Waals surface area contributed by atoms with Crippen LogP contribution in [0.2, 0.25) is 0 Å². The zero-order valence-electron chi connectivity index (χ0n) is 12.3. The highest BCUT2D eigenvalue weighted by Gasteiger charge is 2.67. The number of amides is 2. The molecule has 1 N–H and O–H groups in total. The molecule has 4 nitrogen and oxygen atoms in total. The molecule has 0 aromatic rings. The lowest BCUT2D eigenvalue weighted by atomic mass is 10.0. The van der Waals surface area contributed by atoms with E-state index in [-0.39, 0.29) is 23.8 Å². The summed E-state index contributed by atoms with van der Waals surface area (Å²) in [7, 11) is 0. The third-order valence-corrected chi connectivity index (χ3v) is 6.17. The molecular weight excluding hydrogens is 252 g/mol. The van der Waals surface area contributed by atoms with Crippen LogP contribution in [0.3, 0.4) is 0 Å². The van der Waals surface area contributed by atoms with E-state index in [1.165, 1.54) is 19.3 Å². The number of fused-ring (bicyclic) bond motifs is 5. The summed E-state index contributed by atoms with van der Waals surface area (Å²) in [5.41, 5.74) is 0. The van der Waals surface area contributed by atoms with E-state index in [9.17, 15) is 9.59 Å². The van der Waals surface area contributed by atoms with Crippen LogP contribution in [-0.4, -0.2) is 35.3 Å². The highest BCUT2D eigenvalue weighted by atomic mass is 16.2. The van der Waals surface area contributed by atoms with Gasteiger partial charge in [0, 0.05) is 19.0 Å². The maximum Gasteiger partial charge on any atom is 0.245 e. The minimum absolute atomic E-state index is 0.0355. The Morgan fingerprint density at radius 3 is 2.40 bits per heavy atom. The Labute approximate surface area is 120 Å². The fourth-order valence-corrected chi connectivity index (χ4v) is 5.26. The standard InChI is InChI=1S/C16H24N2O2/c1-8(2)14-16(20)18(6-5-11(19)17-14)15-12-9-3-4-10(7-9)13(12)15/h8-10,12-15H,3-7H2,1-2H3,(H,17,19). The SMILES string of the molecule is CC(C)C1NC(=O)CCN(C2C3C4CCC(C4)C32)C1=O. The van der Waals surface area contributed by atoms with Crippen LogP contribution in [0.15, 0.2) is 0 Å². The largest absolute Gasteiger partial charge is 0.344 e. The number of carbonyl (C=O) groups is 2. The summed E-state index contributed by atoms with van der Waals surface area (Å²) in [6.45, 7) is 4.67. The van der Waals surface area contributed by atoms with Crippen LogP contribution >= 0.6 is 0 Å². The molecule has 5 unspecified atom stereocenters. The second kappa shape index (κ2) is 4.22. The Morgan fingerprint density at radius 1 is 1.15 bits per heavy atom.